The molecule has 0 spiro atoms. The summed E-state index contributed by atoms with van der Waals surface area (Å²) < 4.78 is 37.1. The lowest BCUT2D eigenvalue weighted by Gasteiger charge is -2.08. The van der Waals surface area contributed by atoms with Crippen molar-refractivity contribution in [2.75, 3.05) is 18.6 Å². The Labute approximate surface area is 147 Å². The Morgan fingerprint density at radius 2 is 2.16 bits per heavy atom. The van der Waals surface area contributed by atoms with Crippen LogP contribution in [0, 0.1) is 11.6 Å². The molecule has 6 nitrogen and oxygen atoms in total. The summed E-state index contributed by atoms with van der Waals surface area (Å²) in [6, 6.07) is 1.87. The van der Waals surface area contributed by atoms with Crippen molar-refractivity contribution in [3.05, 3.63) is 40.4 Å². The number of hydrogen-bond donors (Lipinski definition) is 1. The van der Waals surface area contributed by atoms with Crippen LogP contribution in [0.4, 0.5) is 13.9 Å². The fourth-order valence-electron chi connectivity index (χ4n) is 1.93. The number of carbonyl (C=O) groups excluding carboxylic acids is 1. The molecule has 134 valence electrons. The van der Waals surface area contributed by atoms with Crippen LogP contribution in [0.25, 0.3) is 0 Å². The number of nitrogens with one attached hydrogen (secondary N) is 1. The van der Waals surface area contributed by atoms with Crippen LogP contribution < -0.4 is 10.2 Å². The monoisotopic (exact) mass is 369 g/mol. The van der Waals surface area contributed by atoms with Crippen LogP contribution in [0.3, 0.4) is 0 Å². The van der Waals surface area contributed by atoms with Crippen molar-refractivity contribution >= 4 is 28.7 Å². The third-order valence-corrected chi connectivity index (χ3v) is 3.67. The van der Waals surface area contributed by atoms with Crippen molar-refractivity contribution in [2.24, 2.45) is 5.10 Å². The smallest absolute Gasteiger partial charge is 0.311 e. The molecule has 0 saturated heterocycles. The van der Waals surface area contributed by atoms with E-state index >= 15 is 0 Å². The van der Waals surface area contributed by atoms with Crippen molar-refractivity contribution in [1.82, 2.24) is 4.98 Å². The topological polar surface area (TPSA) is 72.8 Å². The van der Waals surface area contributed by atoms with Crippen LogP contribution in [-0.4, -0.2) is 30.4 Å². The Bertz CT molecular complexity index is 765. The SMILES string of the molecule is CCOC(=O)Cc1csc(NN=Cc2cc(F)cc(F)c2OCC)n1. The Morgan fingerprint density at radius 3 is 2.88 bits per heavy atom. The van der Waals surface area contributed by atoms with E-state index in [1.807, 2.05) is 0 Å². The minimum atomic E-state index is -0.797. The predicted octanol–water partition coefficient (Wildman–Crippen LogP) is 3.37. The van der Waals surface area contributed by atoms with Crippen molar-refractivity contribution in [3.8, 4) is 5.75 Å². The third-order valence-electron chi connectivity index (χ3n) is 2.87. The molecule has 0 amide bonds. The first-order valence-electron chi connectivity index (χ1n) is 7.54. The Balaban J connectivity index is 2.04. The molecule has 0 aliphatic heterocycles. The van der Waals surface area contributed by atoms with Crippen molar-refractivity contribution in [2.45, 2.75) is 20.3 Å². The standard InChI is InChI=1S/C16H17F2N3O3S/c1-3-23-14(22)7-12-9-25-16(20-12)21-19-8-10-5-11(17)6-13(18)15(10)24-4-2/h5-6,8-9H,3-4,7H2,1-2H3,(H,20,21). The van der Waals surface area contributed by atoms with Crippen LogP contribution in [0.1, 0.15) is 25.1 Å². The molecule has 1 heterocycles. The van der Waals surface area contributed by atoms with Crippen molar-refractivity contribution in [1.29, 1.82) is 0 Å². The molecule has 0 aliphatic rings. The van der Waals surface area contributed by atoms with Gasteiger partial charge < -0.3 is 9.47 Å². The van der Waals surface area contributed by atoms with E-state index in [-0.39, 0.29) is 30.3 Å². The fraction of sp³-hybridized carbons (Fsp3) is 0.312. The average molecular weight is 369 g/mol. The van der Waals surface area contributed by atoms with Crippen molar-refractivity contribution < 1.29 is 23.0 Å². The molecule has 0 aliphatic carbocycles. The zero-order valence-electron chi connectivity index (χ0n) is 13.7. The van der Waals surface area contributed by atoms with Gasteiger partial charge in [-0.15, -0.1) is 11.3 Å². The maximum Gasteiger partial charge on any atom is 0.311 e. The lowest BCUT2D eigenvalue weighted by Crippen LogP contribution is -2.07. The van der Waals surface area contributed by atoms with Gasteiger partial charge in [0.1, 0.15) is 5.82 Å². The molecule has 1 aromatic heterocycles. The third kappa shape index (κ3) is 5.49. The van der Waals surface area contributed by atoms with Crippen LogP contribution in [0.2, 0.25) is 0 Å². The minimum absolute atomic E-state index is 0.0688. The van der Waals surface area contributed by atoms with E-state index in [4.69, 9.17) is 9.47 Å². The first-order chi connectivity index (χ1) is 12.0. The van der Waals surface area contributed by atoms with E-state index in [2.05, 4.69) is 15.5 Å². The number of hydrogen-bond acceptors (Lipinski definition) is 7. The summed E-state index contributed by atoms with van der Waals surface area (Å²) in [4.78, 5) is 15.6. The van der Waals surface area contributed by atoms with Gasteiger partial charge in [-0.05, 0) is 19.9 Å². The summed E-state index contributed by atoms with van der Waals surface area (Å²) in [5.41, 5.74) is 3.36. The number of ether oxygens (including phenoxy) is 2. The van der Waals surface area contributed by atoms with Gasteiger partial charge in [-0.3, -0.25) is 10.2 Å². The quantitative estimate of drug-likeness (QED) is 0.439. The summed E-state index contributed by atoms with van der Waals surface area (Å²) in [5.74, 6) is -1.96. The molecular formula is C16H17F2N3O3S. The fourth-order valence-corrected chi connectivity index (χ4v) is 2.59. The molecule has 25 heavy (non-hydrogen) atoms. The van der Waals surface area contributed by atoms with Gasteiger partial charge >= 0.3 is 5.97 Å². The average Bonchev–Trinajstić information content (AvgIpc) is 2.98. The minimum Gasteiger partial charge on any atom is -0.490 e. The van der Waals surface area contributed by atoms with Gasteiger partial charge in [-0.1, -0.05) is 0 Å². The molecule has 0 unspecified atom stereocenters. The number of aromatic nitrogens is 1. The van der Waals surface area contributed by atoms with E-state index in [9.17, 15) is 13.6 Å². The van der Waals surface area contributed by atoms with E-state index in [1.165, 1.54) is 17.6 Å². The molecule has 2 aromatic rings. The number of nitrogens with zero attached hydrogens (tertiary/aromatic N) is 2. The number of anilines is 1. The maximum absolute atomic E-state index is 13.7. The highest BCUT2D eigenvalue weighted by Gasteiger charge is 2.11. The summed E-state index contributed by atoms with van der Waals surface area (Å²) >= 11 is 1.24. The van der Waals surface area contributed by atoms with Gasteiger partial charge in [-0.25, -0.2) is 13.8 Å². The normalized spacial score (nSPS) is 10.9. The highest BCUT2D eigenvalue weighted by atomic mass is 32.1. The van der Waals surface area contributed by atoms with Crippen LogP contribution >= 0.6 is 11.3 Å². The first kappa shape index (κ1) is 18.8. The number of carbonyl (C=O) groups is 1. The molecule has 1 aromatic carbocycles. The molecule has 2 rings (SSSR count). The number of thiazole rings is 1. The van der Waals surface area contributed by atoms with Gasteiger partial charge in [-0.2, -0.15) is 5.10 Å². The Morgan fingerprint density at radius 1 is 1.36 bits per heavy atom. The number of esters is 1. The molecule has 9 heteroatoms. The summed E-state index contributed by atoms with van der Waals surface area (Å²) in [6.07, 6.45) is 1.31. The summed E-state index contributed by atoms with van der Waals surface area (Å²) in [7, 11) is 0. The Hall–Kier alpha value is -2.55. The Kier molecular flexibility index (Phi) is 6.81. The zero-order valence-corrected chi connectivity index (χ0v) is 14.5. The van der Waals surface area contributed by atoms with E-state index in [0.29, 0.717) is 17.4 Å². The van der Waals surface area contributed by atoms with E-state index in [0.717, 1.165) is 12.1 Å². The van der Waals surface area contributed by atoms with Gasteiger partial charge in [0.25, 0.3) is 0 Å². The van der Waals surface area contributed by atoms with Crippen LogP contribution in [0.15, 0.2) is 22.6 Å². The largest absolute Gasteiger partial charge is 0.490 e. The number of rotatable bonds is 8. The number of benzene rings is 1. The highest BCUT2D eigenvalue weighted by molar-refractivity contribution is 7.13. The zero-order chi connectivity index (χ0) is 18.2. The van der Waals surface area contributed by atoms with Crippen LogP contribution in [0.5, 0.6) is 5.75 Å². The first-order valence-corrected chi connectivity index (χ1v) is 8.42. The highest BCUT2D eigenvalue weighted by Crippen LogP contribution is 2.23. The summed E-state index contributed by atoms with van der Waals surface area (Å²) in [6.45, 7) is 3.97. The van der Waals surface area contributed by atoms with Gasteiger partial charge in [0, 0.05) is 17.0 Å². The van der Waals surface area contributed by atoms with Crippen molar-refractivity contribution in [3.63, 3.8) is 0 Å². The van der Waals surface area contributed by atoms with Crippen LogP contribution in [-0.2, 0) is 16.0 Å². The lowest BCUT2D eigenvalue weighted by molar-refractivity contribution is -0.142. The number of halogens is 2. The van der Waals surface area contributed by atoms with Gasteiger partial charge in [0.05, 0.1) is 31.5 Å². The molecular weight excluding hydrogens is 352 g/mol. The molecule has 1 N–H and O–H groups in total. The summed E-state index contributed by atoms with van der Waals surface area (Å²) in [5, 5.41) is 6.04. The van der Waals surface area contributed by atoms with E-state index < -0.39 is 11.6 Å². The maximum atomic E-state index is 13.7. The molecule has 0 fully saturated rings. The van der Waals surface area contributed by atoms with Gasteiger partial charge in [0.15, 0.2) is 11.6 Å². The van der Waals surface area contributed by atoms with E-state index in [1.54, 1.807) is 19.2 Å². The second-order valence-electron chi connectivity index (χ2n) is 4.73. The second-order valence-corrected chi connectivity index (χ2v) is 5.59. The van der Waals surface area contributed by atoms with Gasteiger partial charge in [0.2, 0.25) is 5.13 Å². The second kappa shape index (κ2) is 9.07. The molecule has 0 atom stereocenters. The molecule has 0 saturated carbocycles. The predicted molar refractivity (Wildman–Crippen MR) is 91.2 cm³/mol. The number of hydrazone groups is 1. The molecule has 0 radical (unpaired) electrons. The lowest BCUT2D eigenvalue weighted by atomic mass is 10.2. The molecule has 0 bridgehead atoms.